The summed E-state index contributed by atoms with van der Waals surface area (Å²) in [6.45, 7) is 2.41. The molecule has 0 nitrogen and oxygen atoms in total. The molecule has 0 heterocycles. The van der Waals surface area contributed by atoms with Gasteiger partial charge in [0.1, 0.15) is 0 Å². The van der Waals surface area contributed by atoms with Gasteiger partial charge in [-0.25, -0.2) is 0 Å². The van der Waals surface area contributed by atoms with E-state index in [0.717, 1.165) is 17.8 Å². The first kappa shape index (κ1) is 11.6. The van der Waals surface area contributed by atoms with Crippen LogP contribution >= 0.6 is 11.6 Å². The van der Waals surface area contributed by atoms with E-state index < -0.39 is 0 Å². The van der Waals surface area contributed by atoms with Gasteiger partial charge in [-0.2, -0.15) is 0 Å². The molecule has 0 aliphatic heterocycles. The van der Waals surface area contributed by atoms with Gasteiger partial charge in [-0.05, 0) is 54.9 Å². The number of halogens is 1. The van der Waals surface area contributed by atoms with Gasteiger partial charge >= 0.3 is 0 Å². The lowest BCUT2D eigenvalue weighted by atomic mass is 9.71. The highest BCUT2D eigenvalue weighted by Gasteiger charge is 2.42. The van der Waals surface area contributed by atoms with E-state index in [1.807, 2.05) is 0 Å². The van der Waals surface area contributed by atoms with Gasteiger partial charge in [0.15, 0.2) is 0 Å². The lowest BCUT2D eigenvalue weighted by molar-refractivity contribution is 0.242. The summed E-state index contributed by atoms with van der Waals surface area (Å²) >= 11 is 6.48. The predicted molar refractivity (Wildman–Crippen MR) is 73.4 cm³/mol. The van der Waals surface area contributed by atoms with Gasteiger partial charge < -0.3 is 0 Å². The third kappa shape index (κ3) is 2.25. The highest BCUT2D eigenvalue weighted by Crippen LogP contribution is 2.52. The van der Waals surface area contributed by atoms with Crippen LogP contribution in [0.3, 0.4) is 0 Å². The third-order valence-electron chi connectivity index (χ3n) is 4.80. The van der Waals surface area contributed by atoms with Crippen molar-refractivity contribution in [1.82, 2.24) is 0 Å². The second-order valence-electron chi connectivity index (χ2n) is 6.09. The monoisotopic (exact) mass is 248 g/mol. The summed E-state index contributed by atoms with van der Waals surface area (Å²) in [5.74, 6) is 3.38. The number of rotatable bonds is 1. The van der Waals surface area contributed by atoms with Crippen LogP contribution < -0.4 is 0 Å². The fourth-order valence-electron chi connectivity index (χ4n) is 4.17. The molecular weight excluding hydrogens is 228 g/mol. The molecule has 0 bridgehead atoms. The Balaban J connectivity index is 1.87. The van der Waals surface area contributed by atoms with Crippen molar-refractivity contribution in [2.75, 3.05) is 0 Å². The van der Waals surface area contributed by atoms with Gasteiger partial charge in [0.05, 0.1) is 0 Å². The molecule has 2 aliphatic rings. The average Bonchev–Trinajstić information content (AvgIpc) is 2.69. The van der Waals surface area contributed by atoms with E-state index in [2.05, 4.69) is 37.3 Å². The number of hydrogen-bond acceptors (Lipinski definition) is 0. The molecule has 0 saturated heterocycles. The van der Waals surface area contributed by atoms with Crippen molar-refractivity contribution in [3.63, 3.8) is 0 Å². The van der Waals surface area contributed by atoms with Crippen molar-refractivity contribution in [1.29, 1.82) is 0 Å². The predicted octanol–water partition coefficient (Wildman–Crippen LogP) is 4.83. The molecule has 2 aliphatic carbocycles. The molecule has 3 rings (SSSR count). The molecule has 2 fully saturated rings. The van der Waals surface area contributed by atoms with Crippen molar-refractivity contribution in [2.45, 2.75) is 43.9 Å². The Hall–Kier alpha value is -0.490. The summed E-state index contributed by atoms with van der Waals surface area (Å²) in [4.78, 5) is 0. The number of fused-ring (bicyclic) bond motifs is 1. The van der Waals surface area contributed by atoms with Crippen molar-refractivity contribution in [2.24, 2.45) is 17.8 Å². The maximum Gasteiger partial charge on any atom is 0.0344 e. The summed E-state index contributed by atoms with van der Waals surface area (Å²) in [7, 11) is 0. The minimum absolute atomic E-state index is 0.395. The van der Waals surface area contributed by atoms with E-state index in [1.54, 1.807) is 0 Å². The SMILES string of the molecule is CC1CC2CC(Cl)CC(c3ccccc3)C2C1. The van der Waals surface area contributed by atoms with Gasteiger partial charge in [-0.3, -0.25) is 0 Å². The van der Waals surface area contributed by atoms with E-state index in [9.17, 15) is 0 Å². The van der Waals surface area contributed by atoms with E-state index in [1.165, 1.54) is 31.2 Å². The van der Waals surface area contributed by atoms with Gasteiger partial charge in [0.25, 0.3) is 0 Å². The maximum absolute atomic E-state index is 6.48. The molecule has 1 heteroatoms. The Bertz CT molecular complexity index is 372. The molecule has 0 radical (unpaired) electrons. The molecular formula is C16H21Cl. The summed E-state index contributed by atoms with van der Waals surface area (Å²) in [6, 6.07) is 11.0. The van der Waals surface area contributed by atoms with Crippen molar-refractivity contribution in [3.05, 3.63) is 35.9 Å². The van der Waals surface area contributed by atoms with Crippen LogP contribution in [0.2, 0.25) is 0 Å². The van der Waals surface area contributed by atoms with Crippen molar-refractivity contribution < 1.29 is 0 Å². The molecule has 5 unspecified atom stereocenters. The zero-order valence-corrected chi connectivity index (χ0v) is 11.2. The average molecular weight is 249 g/mol. The van der Waals surface area contributed by atoms with Crippen LogP contribution in [0.1, 0.15) is 44.1 Å². The van der Waals surface area contributed by atoms with Crippen molar-refractivity contribution in [3.8, 4) is 0 Å². The summed E-state index contributed by atoms with van der Waals surface area (Å²) < 4.78 is 0. The summed E-state index contributed by atoms with van der Waals surface area (Å²) in [5, 5.41) is 0.395. The van der Waals surface area contributed by atoms with Crippen LogP contribution in [-0.2, 0) is 0 Å². The van der Waals surface area contributed by atoms with Gasteiger partial charge in [0, 0.05) is 5.38 Å². The Kier molecular flexibility index (Phi) is 3.17. The minimum Gasteiger partial charge on any atom is -0.123 e. The first-order valence-electron chi connectivity index (χ1n) is 6.93. The molecule has 1 aromatic rings. The zero-order chi connectivity index (χ0) is 11.8. The quantitative estimate of drug-likeness (QED) is 0.625. The van der Waals surface area contributed by atoms with E-state index in [0.29, 0.717) is 11.3 Å². The second kappa shape index (κ2) is 4.65. The molecule has 2 saturated carbocycles. The molecule has 0 amide bonds. The van der Waals surface area contributed by atoms with Crippen LogP contribution in [0.15, 0.2) is 30.3 Å². The van der Waals surface area contributed by atoms with E-state index in [-0.39, 0.29) is 0 Å². The van der Waals surface area contributed by atoms with Crippen LogP contribution in [-0.4, -0.2) is 5.38 Å². The molecule has 5 atom stereocenters. The lowest BCUT2D eigenvalue weighted by Gasteiger charge is -2.36. The minimum atomic E-state index is 0.395. The first-order valence-corrected chi connectivity index (χ1v) is 7.36. The largest absolute Gasteiger partial charge is 0.123 e. The standard InChI is InChI=1S/C16H21Cl/c1-11-7-13-9-14(17)10-16(15(13)8-11)12-5-3-2-4-6-12/h2-6,11,13-16H,7-10H2,1H3. The Morgan fingerprint density at radius 2 is 1.76 bits per heavy atom. The molecule has 0 spiro atoms. The van der Waals surface area contributed by atoms with Crippen LogP contribution in [0.4, 0.5) is 0 Å². The maximum atomic E-state index is 6.48. The summed E-state index contributed by atoms with van der Waals surface area (Å²) in [6.07, 6.45) is 5.24. The molecule has 0 N–H and O–H groups in total. The molecule has 17 heavy (non-hydrogen) atoms. The van der Waals surface area contributed by atoms with Crippen molar-refractivity contribution >= 4 is 11.6 Å². The van der Waals surface area contributed by atoms with Crippen LogP contribution in [0.25, 0.3) is 0 Å². The number of hydrogen-bond donors (Lipinski definition) is 0. The van der Waals surface area contributed by atoms with Gasteiger partial charge in [-0.1, -0.05) is 37.3 Å². The molecule has 0 aromatic heterocycles. The second-order valence-corrected chi connectivity index (χ2v) is 6.70. The van der Waals surface area contributed by atoms with E-state index >= 15 is 0 Å². The fraction of sp³-hybridized carbons (Fsp3) is 0.625. The third-order valence-corrected chi connectivity index (χ3v) is 5.15. The molecule has 92 valence electrons. The van der Waals surface area contributed by atoms with E-state index in [4.69, 9.17) is 11.6 Å². The lowest BCUT2D eigenvalue weighted by Crippen LogP contribution is -2.28. The number of benzene rings is 1. The highest BCUT2D eigenvalue weighted by atomic mass is 35.5. The fourth-order valence-corrected chi connectivity index (χ4v) is 4.59. The van der Waals surface area contributed by atoms with Gasteiger partial charge in [-0.15, -0.1) is 11.6 Å². The van der Waals surface area contributed by atoms with Crippen LogP contribution in [0, 0.1) is 17.8 Å². The molecule has 1 aromatic carbocycles. The Morgan fingerprint density at radius 1 is 1.00 bits per heavy atom. The normalized spacial score (nSPS) is 41.2. The number of alkyl halides is 1. The Labute approximate surface area is 109 Å². The smallest absolute Gasteiger partial charge is 0.0344 e. The summed E-state index contributed by atoms with van der Waals surface area (Å²) in [5.41, 5.74) is 1.52. The first-order chi connectivity index (χ1) is 8.24. The highest BCUT2D eigenvalue weighted by molar-refractivity contribution is 6.20. The zero-order valence-electron chi connectivity index (χ0n) is 10.5. The van der Waals surface area contributed by atoms with Gasteiger partial charge in [0.2, 0.25) is 0 Å². The topological polar surface area (TPSA) is 0 Å². The van der Waals surface area contributed by atoms with Crippen LogP contribution in [0.5, 0.6) is 0 Å². The Morgan fingerprint density at radius 3 is 2.53 bits per heavy atom.